The molecule has 6 heteroatoms. The lowest BCUT2D eigenvalue weighted by Crippen LogP contribution is -2.15. The van der Waals surface area contributed by atoms with Gasteiger partial charge in [-0.15, -0.1) is 11.6 Å². The summed E-state index contributed by atoms with van der Waals surface area (Å²) in [6.07, 6.45) is 0. The Morgan fingerprint density at radius 2 is 1.94 bits per heavy atom. The first-order valence-corrected chi connectivity index (χ1v) is 5.37. The Bertz CT molecular complexity index is 421. The number of amides is 2. The average molecular weight is 261 g/mol. The summed E-state index contributed by atoms with van der Waals surface area (Å²) in [6.45, 7) is 1.38. The largest absolute Gasteiger partial charge is 0.325 e. The van der Waals surface area contributed by atoms with Crippen molar-refractivity contribution in [3.05, 3.63) is 23.2 Å². The third-order valence-corrected chi connectivity index (χ3v) is 2.17. The highest BCUT2D eigenvalue weighted by atomic mass is 35.5. The molecule has 2 N–H and O–H groups in total. The van der Waals surface area contributed by atoms with Crippen LogP contribution in [0.5, 0.6) is 0 Å². The molecule has 2 amide bonds. The van der Waals surface area contributed by atoms with Gasteiger partial charge in [0.15, 0.2) is 0 Å². The lowest BCUT2D eigenvalue weighted by Gasteiger charge is -2.10. The molecule has 0 atom stereocenters. The first-order valence-electron chi connectivity index (χ1n) is 4.46. The Kier molecular flexibility index (Phi) is 4.58. The summed E-state index contributed by atoms with van der Waals surface area (Å²) < 4.78 is 0. The fourth-order valence-corrected chi connectivity index (χ4v) is 1.34. The SMILES string of the molecule is CC(=O)Nc1ccc(Cl)cc1NC(=O)CCl. The quantitative estimate of drug-likeness (QED) is 0.821. The standard InChI is InChI=1S/C10H10Cl2N2O2/c1-6(15)13-8-3-2-7(12)4-9(8)14-10(16)5-11/h2-4H,5H2,1H3,(H,13,15)(H,14,16). The maximum atomic E-state index is 11.1. The van der Waals surface area contributed by atoms with Crippen molar-refractivity contribution in [2.45, 2.75) is 6.92 Å². The summed E-state index contributed by atoms with van der Waals surface area (Å²) in [7, 11) is 0. The molecule has 86 valence electrons. The third-order valence-electron chi connectivity index (χ3n) is 1.69. The number of hydrogen-bond donors (Lipinski definition) is 2. The Morgan fingerprint density at radius 3 is 2.50 bits per heavy atom. The van der Waals surface area contributed by atoms with Gasteiger partial charge in [0.2, 0.25) is 11.8 Å². The molecule has 0 heterocycles. The zero-order chi connectivity index (χ0) is 12.1. The monoisotopic (exact) mass is 260 g/mol. The number of alkyl halides is 1. The molecular weight excluding hydrogens is 251 g/mol. The van der Waals surface area contributed by atoms with E-state index < -0.39 is 0 Å². The molecule has 4 nitrogen and oxygen atoms in total. The molecule has 0 saturated carbocycles. The van der Waals surface area contributed by atoms with Crippen molar-refractivity contribution in [2.24, 2.45) is 0 Å². The Balaban J connectivity index is 2.98. The van der Waals surface area contributed by atoms with Crippen LogP contribution in [0.3, 0.4) is 0 Å². The third kappa shape index (κ3) is 3.72. The van der Waals surface area contributed by atoms with Crippen molar-refractivity contribution >= 4 is 46.4 Å². The average Bonchev–Trinajstić information content (AvgIpc) is 2.21. The van der Waals surface area contributed by atoms with E-state index in [2.05, 4.69) is 10.6 Å². The van der Waals surface area contributed by atoms with E-state index in [0.717, 1.165) is 0 Å². The van der Waals surface area contributed by atoms with Crippen LogP contribution in [0.2, 0.25) is 5.02 Å². The van der Waals surface area contributed by atoms with Crippen molar-refractivity contribution in [1.29, 1.82) is 0 Å². The Labute approximate surface area is 103 Å². The zero-order valence-electron chi connectivity index (χ0n) is 8.51. The molecular formula is C10H10Cl2N2O2. The molecule has 0 aliphatic heterocycles. The number of benzene rings is 1. The van der Waals surface area contributed by atoms with Crippen molar-refractivity contribution in [3.8, 4) is 0 Å². The summed E-state index contributed by atoms with van der Waals surface area (Å²) in [4.78, 5) is 22.1. The molecule has 1 rings (SSSR count). The minimum absolute atomic E-state index is 0.161. The van der Waals surface area contributed by atoms with Gasteiger partial charge >= 0.3 is 0 Å². The highest BCUT2D eigenvalue weighted by molar-refractivity contribution is 6.31. The lowest BCUT2D eigenvalue weighted by atomic mass is 10.2. The van der Waals surface area contributed by atoms with Gasteiger partial charge in [-0.1, -0.05) is 11.6 Å². The second-order valence-electron chi connectivity index (χ2n) is 3.05. The first kappa shape index (κ1) is 12.8. The predicted octanol–water partition coefficient (Wildman–Crippen LogP) is 2.48. The van der Waals surface area contributed by atoms with E-state index in [-0.39, 0.29) is 17.7 Å². The van der Waals surface area contributed by atoms with Gasteiger partial charge in [-0.05, 0) is 18.2 Å². The van der Waals surface area contributed by atoms with E-state index in [1.807, 2.05) is 0 Å². The van der Waals surface area contributed by atoms with Crippen LogP contribution in [0, 0.1) is 0 Å². The van der Waals surface area contributed by atoms with Crippen molar-refractivity contribution in [2.75, 3.05) is 16.5 Å². The minimum Gasteiger partial charge on any atom is -0.325 e. The summed E-state index contributed by atoms with van der Waals surface area (Å²) in [5.74, 6) is -0.759. The van der Waals surface area contributed by atoms with Crippen molar-refractivity contribution in [3.63, 3.8) is 0 Å². The van der Waals surface area contributed by atoms with Gasteiger partial charge < -0.3 is 10.6 Å². The summed E-state index contributed by atoms with van der Waals surface area (Å²) in [6, 6.07) is 4.76. The van der Waals surface area contributed by atoms with Crippen LogP contribution in [0.1, 0.15) is 6.92 Å². The zero-order valence-corrected chi connectivity index (χ0v) is 10.0. The van der Waals surface area contributed by atoms with Crippen LogP contribution in [0.4, 0.5) is 11.4 Å². The number of halogens is 2. The second-order valence-corrected chi connectivity index (χ2v) is 3.76. The first-order chi connectivity index (χ1) is 7.52. The highest BCUT2D eigenvalue weighted by Gasteiger charge is 2.07. The van der Waals surface area contributed by atoms with Gasteiger partial charge in [-0.25, -0.2) is 0 Å². The number of nitrogens with one attached hydrogen (secondary N) is 2. The molecule has 0 saturated heterocycles. The summed E-state index contributed by atoms with van der Waals surface area (Å²) in [5, 5.41) is 5.57. The fraction of sp³-hybridized carbons (Fsp3) is 0.200. The van der Waals surface area contributed by atoms with E-state index in [4.69, 9.17) is 23.2 Å². The number of hydrogen-bond acceptors (Lipinski definition) is 2. The molecule has 0 fully saturated rings. The summed E-state index contributed by atoms with van der Waals surface area (Å²) in [5.41, 5.74) is 0.906. The van der Waals surface area contributed by atoms with Crippen LogP contribution < -0.4 is 10.6 Å². The smallest absolute Gasteiger partial charge is 0.239 e. The van der Waals surface area contributed by atoms with Gasteiger partial charge in [-0.2, -0.15) is 0 Å². The maximum absolute atomic E-state index is 11.1. The van der Waals surface area contributed by atoms with Crippen LogP contribution >= 0.6 is 23.2 Å². The highest BCUT2D eigenvalue weighted by Crippen LogP contribution is 2.25. The molecule has 0 aromatic heterocycles. The number of anilines is 2. The lowest BCUT2D eigenvalue weighted by molar-refractivity contribution is -0.115. The molecule has 0 spiro atoms. The molecule has 0 bridgehead atoms. The minimum atomic E-state index is -0.365. The van der Waals surface area contributed by atoms with E-state index >= 15 is 0 Å². The van der Waals surface area contributed by atoms with E-state index in [0.29, 0.717) is 16.4 Å². The van der Waals surface area contributed by atoms with Crippen molar-refractivity contribution < 1.29 is 9.59 Å². The number of carbonyl (C=O) groups is 2. The Morgan fingerprint density at radius 1 is 1.25 bits per heavy atom. The van der Waals surface area contributed by atoms with Gasteiger partial charge in [0, 0.05) is 11.9 Å². The Hall–Kier alpha value is -1.26. The fourth-order valence-electron chi connectivity index (χ4n) is 1.10. The van der Waals surface area contributed by atoms with Gasteiger partial charge in [0.05, 0.1) is 11.4 Å². The molecule has 0 aliphatic carbocycles. The molecule has 16 heavy (non-hydrogen) atoms. The van der Waals surface area contributed by atoms with Crippen LogP contribution in [-0.2, 0) is 9.59 Å². The summed E-state index contributed by atoms with van der Waals surface area (Å²) >= 11 is 11.2. The van der Waals surface area contributed by atoms with Crippen molar-refractivity contribution in [1.82, 2.24) is 0 Å². The topological polar surface area (TPSA) is 58.2 Å². The van der Waals surface area contributed by atoms with E-state index in [9.17, 15) is 9.59 Å². The maximum Gasteiger partial charge on any atom is 0.239 e. The molecule has 1 aromatic carbocycles. The van der Waals surface area contributed by atoms with E-state index in [1.165, 1.54) is 13.0 Å². The van der Waals surface area contributed by atoms with Gasteiger partial charge in [0.25, 0.3) is 0 Å². The normalized spacial score (nSPS) is 9.69. The number of rotatable bonds is 3. The van der Waals surface area contributed by atoms with Gasteiger partial charge in [-0.3, -0.25) is 9.59 Å². The molecule has 1 aromatic rings. The second kappa shape index (κ2) is 5.72. The molecule has 0 aliphatic rings. The predicted molar refractivity (Wildman–Crippen MR) is 65.1 cm³/mol. The molecule has 0 radical (unpaired) electrons. The van der Waals surface area contributed by atoms with E-state index in [1.54, 1.807) is 12.1 Å². The number of carbonyl (C=O) groups excluding carboxylic acids is 2. The van der Waals surface area contributed by atoms with Crippen LogP contribution in [-0.4, -0.2) is 17.7 Å². The van der Waals surface area contributed by atoms with Gasteiger partial charge in [0.1, 0.15) is 5.88 Å². The molecule has 0 unspecified atom stereocenters. The van der Waals surface area contributed by atoms with Crippen LogP contribution in [0.25, 0.3) is 0 Å². The van der Waals surface area contributed by atoms with Crippen LogP contribution in [0.15, 0.2) is 18.2 Å².